The summed E-state index contributed by atoms with van der Waals surface area (Å²) in [7, 11) is -3.43. The smallest absolute Gasteiger partial charge is 0.379 e. The number of alkyl halides is 2. The molecule has 0 aromatic heterocycles. The van der Waals surface area contributed by atoms with Gasteiger partial charge in [-0.3, -0.25) is 0 Å². The van der Waals surface area contributed by atoms with Crippen molar-refractivity contribution in [3.8, 4) is 0 Å². The first-order valence-electron chi connectivity index (χ1n) is 5.71. The van der Waals surface area contributed by atoms with Crippen LogP contribution in [-0.2, 0) is 19.4 Å². The number of esters is 1. The summed E-state index contributed by atoms with van der Waals surface area (Å²) in [6.07, 6.45) is 0.995. The SMILES string of the molecule is CCOC(=O)C(F)(F)[C@@H](N)c1ccc(S(C)(=O)=O)cc1.Cl. The van der Waals surface area contributed by atoms with E-state index in [2.05, 4.69) is 4.74 Å². The van der Waals surface area contributed by atoms with Gasteiger partial charge in [-0.2, -0.15) is 8.78 Å². The number of hydrogen-bond donors (Lipinski definition) is 1. The summed E-state index contributed by atoms with van der Waals surface area (Å²) in [4.78, 5) is 11.1. The zero-order valence-electron chi connectivity index (χ0n) is 11.4. The van der Waals surface area contributed by atoms with Crippen molar-refractivity contribution < 1.29 is 26.7 Å². The average Bonchev–Trinajstić information content (AvgIpc) is 2.37. The maximum Gasteiger partial charge on any atom is 0.379 e. The van der Waals surface area contributed by atoms with E-state index in [1.807, 2.05) is 0 Å². The Labute approximate surface area is 127 Å². The molecular formula is C12H16ClF2NO4S. The molecule has 0 saturated heterocycles. The third-order valence-electron chi connectivity index (χ3n) is 2.61. The zero-order chi connectivity index (χ0) is 15.6. The first kappa shape index (κ1) is 19.8. The van der Waals surface area contributed by atoms with Crippen molar-refractivity contribution in [1.29, 1.82) is 0 Å². The highest BCUT2D eigenvalue weighted by Crippen LogP contribution is 2.31. The molecule has 0 bridgehead atoms. The van der Waals surface area contributed by atoms with Gasteiger partial charge in [0, 0.05) is 6.26 Å². The van der Waals surface area contributed by atoms with Gasteiger partial charge in [0.15, 0.2) is 9.84 Å². The van der Waals surface area contributed by atoms with Gasteiger partial charge in [-0.15, -0.1) is 12.4 Å². The number of nitrogens with two attached hydrogens (primary N) is 1. The van der Waals surface area contributed by atoms with Crippen LogP contribution in [0, 0.1) is 0 Å². The fraction of sp³-hybridized carbons (Fsp3) is 0.417. The summed E-state index contributed by atoms with van der Waals surface area (Å²) in [5.74, 6) is -5.59. The van der Waals surface area contributed by atoms with Crippen LogP contribution in [0.1, 0.15) is 18.5 Å². The Hall–Kier alpha value is -1.25. The number of sulfone groups is 1. The summed E-state index contributed by atoms with van der Waals surface area (Å²) in [5.41, 5.74) is 5.30. The highest BCUT2D eigenvalue weighted by atomic mass is 35.5. The third kappa shape index (κ3) is 4.62. The minimum atomic E-state index is -3.89. The monoisotopic (exact) mass is 343 g/mol. The van der Waals surface area contributed by atoms with Crippen LogP contribution in [-0.4, -0.2) is 33.2 Å². The van der Waals surface area contributed by atoms with E-state index >= 15 is 0 Å². The predicted molar refractivity (Wildman–Crippen MR) is 75.3 cm³/mol. The quantitative estimate of drug-likeness (QED) is 0.822. The first-order valence-corrected chi connectivity index (χ1v) is 7.60. The van der Waals surface area contributed by atoms with Crippen molar-refractivity contribution in [2.24, 2.45) is 5.73 Å². The lowest BCUT2D eigenvalue weighted by molar-refractivity contribution is -0.174. The van der Waals surface area contributed by atoms with Gasteiger partial charge in [-0.25, -0.2) is 13.2 Å². The van der Waals surface area contributed by atoms with E-state index in [-0.39, 0.29) is 29.5 Å². The lowest BCUT2D eigenvalue weighted by Gasteiger charge is -2.21. The Balaban J connectivity index is 0.00000400. The van der Waals surface area contributed by atoms with Gasteiger partial charge in [0.25, 0.3) is 0 Å². The summed E-state index contributed by atoms with van der Waals surface area (Å²) in [6.45, 7) is 1.22. The van der Waals surface area contributed by atoms with Crippen molar-refractivity contribution in [3.63, 3.8) is 0 Å². The summed E-state index contributed by atoms with van der Waals surface area (Å²) in [6, 6.07) is 2.70. The molecule has 1 rings (SSSR count). The van der Waals surface area contributed by atoms with E-state index < -0.39 is 27.8 Å². The molecule has 9 heteroatoms. The maximum atomic E-state index is 13.7. The van der Waals surface area contributed by atoms with Gasteiger partial charge >= 0.3 is 11.9 Å². The summed E-state index contributed by atoms with van der Waals surface area (Å²) in [5, 5.41) is 0. The van der Waals surface area contributed by atoms with Gasteiger partial charge in [0.05, 0.1) is 11.5 Å². The lowest BCUT2D eigenvalue weighted by Crippen LogP contribution is -2.41. The molecule has 0 fully saturated rings. The maximum absolute atomic E-state index is 13.7. The molecule has 120 valence electrons. The fourth-order valence-electron chi connectivity index (χ4n) is 1.49. The minimum absolute atomic E-state index is 0. The standard InChI is InChI=1S/C12H15F2NO4S.ClH/c1-3-19-11(16)12(13,14)10(15)8-4-6-9(7-5-8)20(2,17)18;/h4-7,10H,3,15H2,1-2H3;1H/t10-;/m0./s1. The van der Waals surface area contributed by atoms with Gasteiger partial charge < -0.3 is 10.5 Å². The number of ether oxygens (including phenoxy) is 1. The zero-order valence-corrected chi connectivity index (χ0v) is 13.0. The van der Waals surface area contributed by atoms with Crippen molar-refractivity contribution in [3.05, 3.63) is 29.8 Å². The molecule has 0 amide bonds. The number of carbonyl (C=O) groups excluding carboxylic acids is 1. The molecule has 1 aromatic rings. The second-order valence-electron chi connectivity index (χ2n) is 4.16. The van der Waals surface area contributed by atoms with E-state index in [0.29, 0.717) is 0 Å². The number of carbonyl (C=O) groups is 1. The Morgan fingerprint density at radius 1 is 1.33 bits per heavy atom. The van der Waals surface area contributed by atoms with Crippen molar-refractivity contribution in [2.75, 3.05) is 12.9 Å². The van der Waals surface area contributed by atoms with E-state index in [4.69, 9.17) is 5.73 Å². The molecule has 1 atom stereocenters. The van der Waals surface area contributed by atoms with Crippen LogP contribution >= 0.6 is 12.4 Å². The Morgan fingerprint density at radius 2 is 1.81 bits per heavy atom. The molecule has 5 nitrogen and oxygen atoms in total. The molecule has 2 N–H and O–H groups in total. The van der Waals surface area contributed by atoms with Crippen molar-refractivity contribution in [1.82, 2.24) is 0 Å². The van der Waals surface area contributed by atoms with Gasteiger partial charge in [0.1, 0.15) is 6.04 Å². The van der Waals surface area contributed by atoms with Crippen LogP contribution in [0.2, 0.25) is 0 Å². The molecule has 0 aliphatic carbocycles. The topological polar surface area (TPSA) is 86.5 Å². The summed E-state index contributed by atoms with van der Waals surface area (Å²) < 4.78 is 54.2. The molecule has 0 aliphatic heterocycles. The van der Waals surface area contributed by atoms with E-state index in [1.165, 1.54) is 6.92 Å². The van der Waals surface area contributed by atoms with Gasteiger partial charge in [-0.05, 0) is 24.6 Å². The highest BCUT2D eigenvalue weighted by molar-refractivity contribution is 7.90. The van der Waals surface area contributed by atoms with Crippen LogP contribution in [0.4, 0.5) is 8.78 Å². The van der Waals surface area contributed by atoms with E-state index in [9.17, 15) is 22.0 Å². The van der Waals surface area contributed by atoms with Gasteiger partial charge in [0.2, 0.25) is 0 Å². The molecular weight excluding hydrogens is 328 g/mol. The largest absolute Gasteiger partial charge is 0.462 e. The first-order chi connectivity index (χ1) is 9.10. The predicted octanol–water partition coefficient (Wildman–Crippen LogP) is 1.71. The number of hydrogen-bond acceptors (Lipinski definition) is 5. The lowest BCUT2D eigenvalue weighted by atomic mass is 10.0. The highest BCUT2D eigenvalue weighted by Gasteiger charge is 2.47. The minimum Gasteiger partial charge on any atom is -0.462 e. The molecule has 0 radical (unpaired) electrons. The van der Waals surface area contributed by atoms with E-state index in [0.717, 1.165) is 30.5 Å². The molecule has 0 aliphatic rings. The molecule has 0 unspecified atom stereocenters. The van der Waals surface area contributed by atoms with Crippen LogP contribution in [0.15, 0.2) is 29.2 Å². The van der Waals surface area contributed by atoms with Crippen LogP contribution in [0.25, 0.3) is 0 Å². The Bertz CT molecular complexity index is 590. The van der Waals surface area contributed by atoms with E-state index in [1.54, 1.807) is 0 Å². The number of rotatable bonds is 5. The number of halogens is 3. The third-order valence-corrected chi connectivity index (χ3v) is 3.73. The Morgan fingerprint density at radius 3 is 2.19 bits per heavy atom. The molecule has 1 aromatic carbocycles. The van der Waals surface area contributed by atoms with Crippen LogP contribution in [0.5, 0.6) is 0 Å². The molecule has 21 heavy (non-hydrogen) atoms. The van der Waals surface area contributed by atoms with Gasteiger partial charge in [-0.1, -0.05) is 12.1 Å². The van der Waals surface area contributed by atoms with Crippen molar-refractivity contribution in [2.45, 2.75) is 23.8 Å². The number of benzene rings is 1. The summed E-state index contributed by atoms with van der Waals surface area (Å²) >= 11 is 0. The fourth-order valence-corrected chi connectivity index (χ4v) is 2.12. The second-order valence-corrected chi connectivity index (χ2v) is 6.18. The molecule has 0 spiro atoms. The second kappa shape index (κ2) is 7.15. The molecule has 0 heterocycles. The van der Waals surface area contributed by atoms with Crippen LogP contribution < -0.4 is 5.73 Å². The van der Waals surface area contributed by atoms with Crippen molar-refractivity contribution >= 4 is 28.2 Å². The van der Waals surface area contributed by atoms with Crippen LogP contribution in [0.3, 0.4) is 0 Å². The average molecular weight is 344 g/mol. The molecule has 0 saturated carbocycles. The Kier molecular flexibility index (Phi) is 6.72. The normalized spacial score (nSPS) is 13.2.